The normalized spacial score (nSPS) is 30.8. The monoisotopic (exact) mass is 265 g/mol. The van der Waals surface area contributed by atoms with Crippen molar-refractivity contribution in [2.45, 2.75) is 84.0 Å². The summed E-state index contributed by atoms with van der Waals surface area (Å²) in [4.78, 5) is 0. The van der Waals surface area contributed by atoms with Gasteiger partial charge in [-0.1, -0.05) is 71.1 Å². The van der Waals surface area contributed by atoms with Gasteiger partial charge in [-0.2, -0.15) is 0 Å². The summed E-state index contributed by atoms with van der Waals surface area (Å²) in [6.07, 6.45) is 17.7. The Labute approximate surface area is 120 Å². The lowest BCUT2D eigenvalue weighted by Crippen LogP contribution is -2.29. The van der Waals surface area contributed by atoms with E-state index in [1.165, 1.54) is 90.1 Å². The fourth-order valence-electron chi connectivity index (χ4n) is 4.12. The summed E-state index contributed by atoms with van der Waals surface area (Å²) in [6, 6.07) is 0. The lowest BCUT2D eigenvalue weighted by molar-refractivity contribution is 0.265. The van der Waals surface area contributed by atoms with Gasteiger partial charge in [0.05, 0.1) is 0 Å². The van der Waals surface area contributed by atoms with E-state index in [2.05, 4.69) is 12.2 Å². The zero-order chi connectivity index (χ0) is 13.3. The average molecular weight is 265 g/mol. The van der Waals surface area contributed by atoms with Gasteiger partial charge in [-0.3, -0.25) is 0 Å². The van der Waals surface area contributed by atoms with Gasteiger partial charge in [0, 0.05) is 0 Å². The molecule has 112 valence electrons. The minimum Gasteiger partial charge on any atom is -0.316 e. The first-order chi connectivity index (χ1) is 9.36. The molecule has 0 amide bonds. The third kappa shape index (κ3) is 5.85. The first-order valence-electron chi connectivity index (χ1n) is 9.07. The Morgan fingerprint density at radius 1 is 0.789 bits per heavy atom. The van der Waals surface area contributed by atoms with Gasteiger partial charge in [0.1, 0.15) is 0 Å². The molecule has 2 saturated carbocycles. The summed E-state index contributed by atoms with van der Waals surface area (Å²) in [5.74, 6) is 2.94. The second-order valence-corrected chi connectivity index (χ2v) is 7.23. The van der Waals surface area contributed by atoms with Gasteiger partial charge >= 0.3 is 0 Å². The van der Waals surface area contributed by atoms with Crippen LogP contribution in [0.15, 0.2) is 0 Å². The van der Waals surface area contributed by atoms with Gasteiger partial charge in [-0.05, 0) is 43.7 Å². The van der Waals surface area contributed by atoms with Crippen LogP contribution >= 0.6 is 0 Å². The van der Waals surface area contributed by atoms with E-state index >= 15 is 0 Å². The number of rotatable bonds is 5. The Hall–Kier alpha value is -0.0400. The summed E-state index contributed by atoms with van der Waals surface area (Å²) in [6.45, 7) is 5.04. The van der Waals surface area contributed by atoms with E-state index in [-0.39, 0.29) is 0 Å². The zero-order valence-electron chi connectivity index (χ0n) is 13.1. The lowest BCUT2D eigenvalue weighted by Gasteiger charge is -2.27. The maximum atomic E-state index is 3.78. The molecule has 2 unspecified atom stereocenters. The van der Waals surface area contributed by atoms with Crippen LogP contribution in [0.1, 0.15) is 84.0 Å². The van der Waals surface area contributed by atoms with Crippen LogP contribution in [0, 0.1) is 17.8 Å². The molecule has 1 N–H and O–H groups in total. The van der Waals surface area contributed by atoms with E-state index in [0.29, 0.717) is 0 Å². The summed E-state index contributed by atoms with van der Waals surface area (Å²) in [5.41, 5.74) is 0. The molecular formula is C18H35N. The molecule has 2 aliphatic carbocycles. The fraction of sp³-hybridized carbons (Fsp3) is 1.00. The standard InChI is InChI=1S/C18H35N/c1-16-9-5-2-3-8-12-18(16)15-19-14-13-17-10-6-4-7-11-17/h16-19H,2-15H2,1H3. The fourth-order valence-corrected chi connectivity index (χ4v) is 4.12. The van der Waals surface area contributed by atoms with Crippen LogP contribution in [0.25, 0.3) is 0 Å². The topological polar surface area (TPSA) is 12.0 Å². The maximum absolute atomic E-state index is 3.78. The van der Waals surface area contributed by atoms with Crippen LogP contribution in [0.2, 0.25) is 0 Å². The number of nitrogens with one attached hydrogen (secondary N) is 1. The molecular weight excluding hydrogens is 230 g/mol. The van der Waals surface area contributed by atoms with Gasteiger partial charge in [0.2, 0.25) is 0 Å². The van der Waals surface area contributed by atoms with E-state index in [0.717, 1.165) is 17.8 Å². The van der Waals surface area contributed by atoms with Gasteiger partial charge in [0.15, 0.2) is 0 Å². The molecule has 0 bridgehead atoms. The summed E-state index contributed by atoms with van der Waals surface area (Å²) in [5, 5.41) is 3.78. The molecule has 2 fully saturated rings. The summed E-state index contributed by atoms with van der Waals surface area (Å²) >= 11 is 0. The summed E-state index contributed by atoms with van der Waals surface area (Å²) < 4.78 is 0. The predicted molar refractivity (Wildman–Crippen MR) is 84.4 cm³/mol. The molecule has 0 spiro atoms. The second-order valence-electron chi connectivity index (χ2n) is 7.23. The molecule has 0 saturated heterocycles. The number of hydrogen-bond donors (Lipinski definition) is 1. The van der Waals surface area contributed by atoms with Crippen molar-refractivity contribution in [1.29, 1.82) is 0 Å². The Balaban J connectivity index is 1.57. The van der Waals surface area contributed by atoms with Crippen molar-refractivity contribution >= 4 is 0 Å². The maximum Gasteiger partial charge on any atom is -0.00180 e. The van der Waals surface area contributed by atoms with E-state index in [1.807, 2.05) is 0 Å². The quantitative estimate of drug-likeness (QED) is 0.678. The predicted octanol–water partition coefficient (Wildman–Crippen LogP) is 5.15. The highest BCUT2D eigenvalue weighted by molar-refractivity contribution is 4.73. The Morgan fingerprint density at radius 3 is 2.21 bits per heavy atom. The van der Waals surface area contributed by atoms with Crippen molar-refractivity contribution in [3.8, 4) is 0 Å². The first-order valence-corrected chi connectivity index (χ1v) is 9.07. The smallest absolute Gasteiger partial charge is 0.00180 e. The van der Waals surface area contributed by atoms with Crippen LogP contribution in [0.5, 0.6) is 0 Å². The van der Waals surface area contributed by atoms with Gasteiger partial charge in [0.25, 0.3) is 0 Å². The van der Waals surface area contributed by atoms with E-state index < -0.39 is 0 Å². The largest absolute Gasteiger partial charge is 0.316 e. The highest BCUT2D eigenvalue weighted by Gasteiger charge is 2.19. The van der Waals surface area contributed by atoms with Crippen LogP contribution in [-0.2, 0) is 0 Å². The van der Waals surface area contributed by atoms with Crippen molar-refractivity contribution in [2.24, 2.45) is 17.8 Å². The molecule has 0 aromatic heterocycles. The van der Waals surface area contributed by atoms with Crippen molar-refractivity contribution in [2.75, 3.05) is 13.1 Å². The molecule has 1 heteroatoms. The van der Waals surface area contributed by atoms with Crippen LogP contribution in [0.3, 0.4) is 0 Å². The second kappa shape index (κ2) is 9.00. The van der Waals surface area contributed by atoms with Crippen molar-refractivity contribution in [3.05, 3.63) is 0 Å². The Morgan fingerprint density at radius 2 is 1.42 bits per heavy atom. The summed E-state index contributed by atoms with van der Waals surface area (Å²) in [7, 11) is 0. The molecule has 0 radical (unpaired) electrons. The molecule has 1 nitrogen and oxygen atoms in total. The van der Waals surface area contributed by atoms with Crippen LogP contribution < -0.4 is 5.32 Å². The minimum atomic E-state index is 0.947. The third-order valence-electron chi connectivity index (χ3n) is 5.65. The Bertz CT molecular complexity index is 220. The van der Waals surface area contributed by atoms with Gasteiger partial charge in [-0.25, -0.2) is 0 Å². The minimum absolute atomic E-state index is 0.947. The molecule has 2 rings (SSSR count). The van der Waals surface area contributed by atoms with Crippen LogP contribution in [0.4, 0.5) is 0 Å². The molecule has 2 atom stereocenters. The highest BCUT2D eigenvalue weighted by atomic mass is 14.9. The third-order valence-corrected chi connectivity index (χ3v) is 5.65. The molecule has 0 aromatic carbocycles. The van der Waals surface area contributed by atoms with Gasteiger partial charge < -0.3 is 5.32 Å². The Kier molecular flexibility index (Phi) is 7.27. The van der Waals surface area contributed by atoms with Crippen molar-refractivity contribution in [1.82, 2.24) is 5.32 Å². The molecule has 2 aliphatic rings. The molecule has 0 aromatic rings. The van der Waals surface area contributed by atoms with Crippen LogP contribution in [-0.4, -0.2) is 13.1 Å². The highest BCUT2D eigenvalue weighted by Crippen LogP contribution is 2.28. The SMILES string of the molecule is CC1CCCCCCC1CNCCC1CCCCC1. The van der Waals surface area contributed by atoms with E-state index in [9.17, 15) is 0 Å². The molecule has 19 heavy (non-hydrogen) atoms. The molecule has 0 heterocycles. The van der Waals surface area contributed by atoms with E-state index in [1.54, 1.807) is 0 Å². The first kappa shape index (κ1) is 15.4. The molecule has 0 aliphatic heterocycles. The lowest BCUT2D eigenvalue weighted by atomic mass is 9.82. The van der Waals surface area contributed by atoms with Crippen molar-refractivity contribution in [3.63, 3.8) is 0 Å². The van der Waals surface area contributed by atoms with Gasteiger partial charge in [-0.15, -0.1) is 0 Å². The average Bonchev–Trinajstić information content (AvgIpc) is 2.43. The van der Waals surface area contributed by atoms with E-state index in [4.69, 9.17) is 0 Å². The van der Waals surface area contributed by atoms with Crippen molar-refractivity contribution < 1.29 is 0 Å². The number of hydrogen-bond acceptors (Lipinski definition) is 1. The zero-order valence-corrected chi connectivity index (χ0v) is 13.1.